The van der Waals surface area contributed by atoms with Crippen molar-refractivity contribution in [2.24, 2.45) is 5.73 Å². The quantitative estimate of drug-likeness (QED) is 0.611. The number of sulfonamides is 1. The minimum Gasteiger partial charge on any atom is -0.480 e. The van der Waals surface area contributed by atoms with Gasteiger partial charge >= 0.3 is 5.97 Å². The van der Waals surface area contributed by atoms with Crippen LogP contribution in [0.3, 0.4) is 0 Å². The lowest BCUT2D eigenvalue weighted by molar-refractivity contribution is -0.140. The van der Waals surface area contributed by atoms with Crippen LogP contribution in [0.1, 0.15) is 6.42 Å². The average molecular weight is 436 g/mol. The molecule has 1 rings (SSSR count). The highest BCUT2D eigenvalue weighted by Crippen LogP contribution is 2.34. The molecule has 0 bridgehead atoms. The second-order valence-corrected chi connectivity index (χ2v) is 8.80. The standard InChI is InChI=1S/C8H8Br2N2O5S2/c9-5-2-4(7(10)18-5)19(16,17)12-3(8(14)15)1-6(11)13/h2-3,12H,1H2,(H2,11,13)(H,14,15)/t3-/m0/s1. The Morgan fingerprint density at radius 1 is 1.47 bits per heavy atom. The summed E-state index contributed by atoms with van der Waals surface area (Å²) in [5, 5.41) is 8.85. The molecule has 19 heavy (non-hydrogen) atoms. The number of carbonyl (C=O) groups is 2. The van der Waals surface area contributed by atoms with E-state index in [2.05, 4.69) is 31.9 Å². The molecule has 1 atom stereocenters. The zero-order valence-corrected chi connectivity index (χ0v) is 13.9. The molecule has 4 N–H and O–H groups in total. The molecule has 0 spiro atoms. The molecule has 7 nitrogen and oxygen atoms in total. The second kappa shape index (κ2) is 6.31. The summed E-state index contributed by atoms with van der Waals surface area (Å²) in [5.41, 5.74) is 4.87. The summed E-state index contributed by atoms with van der Waals surface area (Å²) in [6.45, 7) is 0. The number of hydrogen-bond donors (Lipinski definition) is 3. The van der Waals surface area contributed by atoms with Crippen LogP contribution in [0.25, 0.3) is 0 Å². The molecule has 0 saturated carbocycles. The van der Waals surface area contributed by atoms with Gasteiger partial charge in [-0.3, -0.25) is 9.59 Å². The number of aliphatic carboxylic acids is 1. The number of nitrogens with two attached hydrogens (primary N) is 1. The van der Waals surface area contributed by atoms with Crippen molar-refractivity contribution < 1.29 is 23.1 Å². The molecular weight excluding hydrogens is 428 g/mol. The fourth-order valence-corrected chi connectivity index (χ4v) is 6.14. The molecule has 0 aromatic carbocycles. The molecule has 0 aliphatic carbocycles. The van der Waals surface area contributed by atoms with Crippen molar-refractivity contribution in [3.05, 3.63) is 13.6 Å². The molecule has 0 fully saturated rings. The van der Waals surface area contributed by atoms with Crippen LogP contribution in [-0.4, -0.2) is 31.4 Å². The highest BCUT2D eigenvalue weighted by Gasteiger charge is 2.29. The third-order valence-corrected chi connectivity index (χ3v) is 6.14. The van der Waals surface area contributed by atoms with Gasteiger partial charge in [-0.2, -0.15) is 4.72 Å². The highest BCUT2D eigenvalue weighted by atomic mass is 79.9. The Bertz CT molecular complexity index is 613. The van der Waals surface area contributed by atoms with Crippen LogP contribution in [-0.2, 0) is 19.6 Å². The lowest BCUT2D eigenvalue weighted by Gasteiger charge is -2.12. The van der Waals surface area contributed by atoms with Crippen molar-refractivity contribution in [3.63, 3.8) is 0 Å². The number of amides is 1. The van der Waals surface area contributed by atoms with Crippen molar-refractivity contribution in [2.75, 3.05) is 0 Å². The van der Waals surface area contributed by atoms with Crippen LogP contribution < -0.4 is 10.5 Å². The van der Waals surface area contributed by atoms with Crippen molar-refractivity contribution in [1.82, 2.24) is 4.72 Å². The van der Waals surface area contributed by atoms with E-state index in [0.717, 1.165) is 11.3 Å². The molecule has 0 unspecified atom stereocenters. The first-order valence-electron chi connectivity index (χ1n) is 4.61. The zero-order chi connectivity index (χ0) is 14.8. The topological polar surface area (TPSA) is 127 Å². The lowest BCUT2D eigenvalue weighted by atomic mass is 10.2. The van der Waals surface area contributed by atoms with Gasteiger partial charge < -0.3 is 10.8 Å². The van der Waals surface area contributed by atoms with Gasteiger partial charge in [0.15, 0.2) is 0 Å². The smallest absolute Gasteiger partial charge is 0.322 e. The van der Waals surface area contributed by atoms with E-state index < -0.39 is 34.4 Å². The van der Waals surface area contributed by atoms with Gasteiger partial charge in [-0.15, -0.1) is 11.3 Å². The minimum atomic E-state index is -4.07. The number of rotatable bonds is 6. The molecule has 106 valence electrons. The third-order valence-electron chi connectivity index (χ3n) is 1.92. The maximum atomic E-state index is 12.0. The Labute approximate surface area is 129 Å². The Morgan fingerprint density at radius 2 is 2.05 bits per heavy atom. The minimum absolute atomic E-state index is 0.111. The van der Waals surface area contributed by atoms with E-state index >= 15 is 0 Å². The molecule has 1 heterocycles. The lowest BCUT2D eigenvalue weighted by Crippen LogP contribution is -2.43. The summed E-state index contributed by atoms with van der Waals surface area (Å²) >= 11 is 7.30. The van der Waals surface area contributed by atoms with Gasteiger partial charge in [0, 0.05) is 0 Å². The monoisotopic (exact) mass is 434 g/mol. The Kier molecular flexibility index (Phi) is 5.50. The molecule has 0 aliphatic rings. The number of halogens is 2. The number of primary amides is 1. The largest absolute Gasteiger partial charge is 0.480 e. The molecule has 0 aliphatic heterocycles. The van der Waals surface area contributed by atoms with E-state index in [1.807, 2.05) is 4.72 Å². The van der Waals surface area contributed by atoms with E-state index in [9.17, 15) is 18.0 Å². The number of carboxylic acids is 1. The van der Waals surface area contributed by atoms with Crippen molar-refractivity contribution in [2.45, 2.75) is 17.4 Å². The van der Waals surface area contributed by atoms with E-state index in [-0.39, 0.29) is 4.90 Å². The molecule has 0 radical (unpaired) electrons. The van der Waals surface area contributed by atoms with E-state index in [0.29, 0.717) is 7.57 Å². The zero-order valence-electron chi connectivity index (χ0n) is 9.09. The Hall–Kier alpha value is -0.490. The maximum Gasteiger partial charge on any atom is 0.322 e. The van der Waals surface area contributed by atoms with Crippen LogP contribution in [0.15, 0.2) is 18.5 Å². The van der Waals surface area contributed by atoms with Gasteiger partial charge in [0.1, 0.15) is 10.9 Å². The SMILES string of the molecule is NC(=O)C[C@H](NS(=O)(=O)c1cc(Br)sc1Br)C(=O)O. The molecule has 0 saturated heterocycles. The van der Waals surface area contributed by atoms with Gasteiger partial charge in [0.05, 0.1) is 14.0 Å². The van der Waals surface area contributed by atoms with Crippen molar-refractivity contribution >= 4 is 65.1 Å². The highest BCUT2D eigenvalue weighted by molar-refractivity contribution is 9.12. The number of carbonyl (C=O) groups excluding carboxylic acids is 1. The molecular formula is C8H8Br2N2O5S2. The molecule has 11 heteroatoms. The van der Waals surface area contributed by atoms with Gasteiger partial charge in [-0.1, -0.05) is 0 Å². The van der Waals surface area contributed by atoms with Crippen molar-refractivity contribution in [1.29, 1.82) is 0 Å². The molecule has 1 amide bonds. The fraction of sp³-hybridized carbons (Fsp3) is 0.250. The molecule has 1 aromatic heterocycles. The summed E-state index contributed by atoms with van der Waals surface area (Å²) in [4.78, 5) is 21.5. The summed E-state index contributed by atoms with van der Waals surface area (Å²) in [5.74, 6) is -2.39. The fourth-order valence-electron chi connectivity index (χ4n) is 1.14. The predicted molar refractivity (Wildman–Crippen MR) is 75.3 cm³/mol. The number of hydrogen-bond acceptors (Lipinski definition) is 5. The predicted octanol–water partition coefficient (Wildman–Crippen LogP) is 0.880. The van der Waals surface area contributed by atoms with Crippen LogP contribution in [0.4, 0.5) is 0 Å². The van der Waals surface area contributed by atoms with E-state index in [4.69, 9.17) is 10.8 Å². The van der Waals surface area contributed by atoms with Crippen LogP contribution in [0.5, 0.6) is 0 Å². The van der Waals surface area contributed by atoms with Crippen LogP contribution in [0, 0.1) is 0 Å². The van der Waals surface area contributed by atoms with E-state index in [1.165, 1.54) is 6.07 Å². The van der Waals surface area contributed by atoms with Gasteiger partial charge in [0.2, 0.25) is 15.9 Å². The van der Waals surface area contributed by atoms with Crippen LogP contribution in [0.2, 0.25) is 0 Å². The first-order valence-corrected chi connectivity index (χ1v) is 8.50. The van der Waals surface area contributed by atoms with Gasteiger partial charge in [0.25, 0.3) is 0 Å². The number of thiophene rings is 1. The Morgan fingerprint density at radius 3 is 2.42 bits per heavy atom. The normalized spacial score (nSPS) is 13.2. The summed E-state index contributed by atoms with van der Waals surface area (Å²) in [7, 11) is -4.07. The summed E-state index contributed by atoms with van der Waals surface area (Å²) < 4.78 is 26.8. The number of nitrogens with one attached hydrogen (secondary N) is 1. The average Bonchev–Trinajstić information content (AvgIpc) is 2.56. The summed E-state index contributed by atoms with van der Waals surface area (Å²) in [6, 6.07) is -0.284. The third kappa shape index (κ3) is 4.53. The first-order chi connectivity index (χ1) is 8.63. The number of carboxylic acid groups (broad SMARTS) is 1. The first kappa shape index (κ1) is 16.6. The second-order valence-electron chi connectivity index (χ2n) is 3.37. The van der Waals surface area contributed by atoms with E-state index in [1.54, 1.807) is 0 Å². The van der Waals surface area contributed by atoms with Crippen LogP contribution >= 0.6 is 43.2 Å². The maximum absolute atomic E-state index is 12.0. The van der Waals surface area contributed by atoms with Crippen molar-refractivity contribution in [3.8, 4) is 0 Å². The van der Waals surface area contributed by atoms with Gasteiger partial charge in [-0.05, 0) is 37.9 Å². The Balaban J connectivity index is 3.04. The van der Waals surface area contributed by atoms with Gasteiger partial charge in [-0.25, -0.2) is 8.42 Å². The molecule has 1 aromatic rings. The summed E-state index contributed by atoms with van der Waals surface area (Å²) in [6.07, 6.45) is -0.627.